The minimum Gasteiger partial charge on any atom is -0.308 e. The van der Waals surface area contributed by atoms with Crippen molar-refractivity contribution in [2.75, 3.05) is 6.54 Å². The van der Waals surface area contributed by atoms with Crippen LogP contribution in [0.4, 0.5) is 0 Å². The van der Waals surface area contributed by atoms with Gasteiger partial charge in [-0.3, -0.25) is 9.69 Å². The quantitative estimate of drug-likeness (QED) is 0.710. The van der Waals surface area contributed by atoms with E-state index in [0.29, 0.717) is 17.1 Å². The third-order valence-electron chi connectivity index (χ3n) is 3.08. The molecule has 3 heterocycles. The summed E-state index contributed by atoms with van der Waals surface area (Å²) in [7, 11) is 0. The van der Waals surface area contributed by atoms with Crippen molar-refractivity contribution >= 4 is 32.9 Å². The van der Waals surface area contributed by atoms with Crippen molar-refractivity contribution in [3.8, 4) is 0 Å². The number of fused-ring (bicyclic) bond motifs is 1. The molecule has 6 heteroatoms. The maximum absolute atomic E-state index is 12.0. The van der Waals surface area contributed by atoms with Gasteiger partial charge in [0.05, 0.1) is 12.1 Å². The van der Waals surface area contributed by atoms with Crippen LogP contribution in [0.1, 0.15) is 10.7 Å². The smallest absolute Gasteiger partial charge is 0.268 e. The van der Waals surface area contributed by atoms with E-state index >= 15 is 0 Å². The first kappa shape index (κ1) is 14.2. The van der Waals surface area contributed by atoms with Crippen molar-refractivity contribution in [3.05, 3.63) is 62.7 Å². The highest BCUT2D eigenvalue weighted by Crippen LogP contribution is 2.16. The maximum Gasteiger partial charge on any atom is 0.268 e. The summed E-state index contributed by atoms with van der Waals surface area (Å²) in [5, 5.41) is 3.96. The van der Waals surface area contributed by atoms with Crippen molar-refractivity contribution in [2.24, 2.45) is 0 Å². The predicted octanol–water partition coefficient (Wildman–Crippen LogP) is 3.23. The Balaban J connectivity index is 1.83. The topological polar surface area (TPSA) is 49.0 Å². The fraction of sp³-hybridized carbons (Fsp3) is 0.200. The lowest BCUT2D eigenvalue weighted by Crippen LogP contribution is -2.25. The standard InChI is InChI=1S/C15H15N3OS2/c1-2-6-18(9-11-4-3-7-20-11)10-13-16-12-5-8-21-14(12)15(19)17-13/h2-5,7-8H,1,6,9-10H2,(H,16,17,19). The molecule has 0 spiro atoms. The molecule has 0 unspecified atom stereocenters. The van der Waals surface area contributed by atoms with E-state index in [1.807, 2.05) is 23.6 Å². The van der Waals surface area contributed by atoms with Crippen molar-refractivity contribution in [1.82, 2.24) is 14.9 Å². The van der Waals surface area contributed by atoms with Crippen molar-refractivity contribution in [2.45, 2.75) is 13.1 Å². The zero-order chi connectivity index (χ0) is 14.7. The number of nitrogens with zero attached hydrogens (tertiary/aromatic N) is 2. The van der Waals surface area contributed by atoms with E-state index in [1.165, 1.54) is 16.2 Å². The second-order valence-corrected chi connectivity index (χ2v) is 6.63. The second kappa shape index (κ2) is 6.34. The SMILES string of the molecule is C=CCN(Cc1nc2ccsc2c(=O)[nH]1)Cc1cccs1. The Bertz CT molecular complexity index is 789. The van der Waals surface area contributed by atoms with Crippen LogP contribution in [0.5, 0.6) is 0 Å². The molecule has 0 saturated carbocycles. The second-order valence-electron chi connectivity index (χ2n) is 4.69. The van der Waals surface area contributed by atoms with Crippen LogP contribution in [0.25, 0.3) is 10.2 Å². The molecule has 0 aliphatic carbocycles. The Morgan fingerprint density at radius 1 is 1.29 bits per heavy atom. The molecule has 21 heavy (non-hydrogen) atoms. The predicted molar refractivity (Wildman–Crippen MR) is 88.9 cm³/mol. The van der Waals surface area contributed by atoms with Gasteiger partial charge in [-0.25, -0.2) is 4.98 Å². The van der Waals surface area contributed by atoms with Gasteiger partial charge in [0.1, 0.15) is 10.5 Å². The van der Waals surface area contributed by atoms with Gasteiger partial charge in [-0.15, -0.1) is 29.3 Å². The summed E-state index contributed by atoms with van der Waals surface area (Å²) in [5.41, 5.74) is 0.716. The first-order valence-corrected chi connectivity index (χ1v) is 8.34. The largest absolute Gasteiger partial charge is 0.308 e. The van der Waals surface area contributed by atoms with Crippen molar-refractivity contribution < 1.29 is 0 Å². The lowest BCUT2D eigenvalue weighted by molar-refractivity contribution is 0.281. The van der Waals surface area contributed by atoms with Crippen LogP contribution < -0.4 is 5.56 Å². The Morgan fingerprint density at radius 2 is 2.19 bits per heavy atom. The summed E-state index contributed by atoms with van der Waals surface area (Å²) in [6, 6.07) is 6.04. The lowest BCUT2D eigenvalue weighted by atomic mass is 10.3. The minimum atomic E-state index is -0.0559. The van der Waals surface area contributed by atoms with Gasteiger partial charge >= 0.3 is 0 Å². The summed E-state index contributed by atoms with van der Waals surface area (Å²) < 4.78 is 0.687. The number of aromatic amines is 1. The molecule has 3 aromatic rings. The van der Waals surface area contributed by atoms with Crippen LogP contribution in [0.3, 0.4) is 0 Å². The normalized spacial score (nSPS) is 11.3. The molecule has 0 saturated heterocycles. The molecule has 0 bridgehead atoms. The van der Waals surface area contributed by atoms with Gasteiger partial charge in [0, 0.05) is 18.0 Å². The fourth-order valence-electron chi connectivity index (χ4n) is 2.20. The van der Waals surface area contributed by atoms with Gasteiger partial charge in [-0.2, -0.15) is 0 Å². The van der Waals surface area contributed by atoms with Gasteiger partial charge in [0.15, 0.2) is 0 Å². The van der Waals surface area contributed by atoms with Crippen LogP contribution in [0, 0.1) is 0 Å². The zero-order valence-electron chi connectivity index (χ0n) is 11.4. The van der Waals surface area contributed by atoms with E-state index in [-0.39, 0.29) is 5.56 Å². The molecule has 4 nitrogen and oxygen atoms in total. The molecular formula is C15H15N3OS2. The van der Waals surface area contributed by atoms with E-state index in [2.05, 4.69) is 32.9 Å². The number of thiophene rings is 2. The first-order chi connectivity index (χ1) is 10.3. The molecule has 3 rings (SSSR count). The van der Waals surface area contributed by atoms with Gasteiger partial charge in [-0.05, 0) is 22.9 Å². The molecule has 0 aromatic carbocycles. The minimum absolute atomic E-state index is 0.0559. The first-order valence-electron chi connectivity index (χ1n) is 6.58. The molecular weight excluding hydrogens is 302 g/mol. The molecule has 108 valence electrons. The molecule has 3 aromatic heterocycles. The molecule has 0 radical (unpaired) electrons. The molecule has 0 amide bonds. The number of H-pyrrole nitrogens is 1. The Morgan fingerprint density at radius 3 is 2.95 bits per heavy atom. The third-order valence-corrected chi connectivity index (χ3v) is 4.85. The van der Waals surface area contributed by atoms with E-state index in [1.54, 1.807) is 11.3 Å². The van der Waals surface area contributed by atoms with E-state index in [9.17, 15) is 4.79 Å². The molecule has 1 N–H and O–H groups in total. The highest BCUT2D eigenvalue weighted by atomic mass is 32.1. The average Bonchev–Trinajstić information content (AvgIpc) is 3.10. The van der Waals surface area contributed by atoms with E-state index in [4.69, 9.17) is 0 Å². The summed E-state index contributed by atoms with van der Waals surface area (Å²) in [6.07, 6.45) is 1.87. The van der Waals surface area contributed by atoms with Crippen LogP contribution in [0.15, 0.2) is 46.4 Å². The van der Waals surface area contributed by atoms with Crippen LogP contribution >= 0.6 is 22.7 Å². The van der Waals surface area contributed by atoms with Crippen LogP contribution in [-0.4, -0.2) is 21.4 Å². The summed E-state index contributed by atoms with van der Waals surface area (Å²) in [6.45, 7) is 5.99. The molecule has 0 atom stereocenters. The number of rotatable bonds is 6. The average molecular weight is 317 g/mol. The third kappa shape index (κ3) is 3.29. The van der Waals surface area contributed by atoms with Crippen molar-refractivity contribution in [1.29, 1.82) is 0 Å². The number of aromatic nitrogens is 2. The maximum atomic E-state index is 12.0. The number of hydrogen-bond donors (Lipinski definition) is 1. The Kier molecular flexibility index (Phi) is 4.28. The fourth-order valence-corrected chi connectivity index (χ4v) is 3.67. The summed E-state index contributed by atoms with van der Waals surface area (Å²) in [5.74, 6) is 0.698. The monoisotopic (exact) mass is 317 g/mol. The Labute approximate surface area is 130 Å². The highest BCUT2D eigenvalue weighted by molar-refractivity contribution is 7.17. The van der Waals surface area contributed by atoms with Gasteiger partial charge in [-0.1, -0.05) is 12.1 Å². The van der Waals surface area contributed by atoms with E-state index < -0.39 is 0 Å². The molecule has 0 fully saturated rings. The summed E-state index contributed by atoms with van der Waals surface area (Å²) >= 11 is 3.15. The van der Waals surface area contributed by atoms with E-state index in [0.717, 1.165) is 18.6 Å². The summed E-state index contributed by atoms with van der Waals surface area (Å²) in [4.78, 5) is 22.9. The van der Waals surface area contributed by atoms with Gasteiger partial charge in [0.25, 0.3) is 5.56 Å². The van der Waals surface area contributed by atoms with Gasteiger partial charge in [0.2, 0.25) is 0 Å². The zero-order valence-corrected chi connectivity index (χ0v) is 13.0. The molecule has 0 aliphatic rings. The van der Waals surface area contributed by atoms with Crippen LogP contribution in [0.2, 0.25) is 0 Å². The highest BCUT2D eigenvalue weighted by Gasteiger charge is 2.10. The number of nitrogens with one attached hydrogen (secondary N) is 1. The van der Waals surface area contributed by atoms with Gasteiger partial charge < -0.3 is 4.98 Å². The van der Waals surface area contributed by atoms with Crippen LogP contribution in [-0.2, 0) is 13.1 Å². The Hall–Kier alpha value is -1.76. The molecule has 0 aliphatic heterocycles. The van der Waals surface area contributed by atoms with Crippen molar-refractivity contribution in [3.63, 3.8) is 0 Å². The lowest BCUT2D eigenvalue weighted by Gasteiger charge is -2.19. The number of hydrogen-bond acceptors (Lipinski definition) is 5.